The fourth-order valence-corrected chi connectivity index (χ4v) is 3.62. The molecule has 1 amide bonds. The number of aryl methyl sites for hydroxylation is 2. The Kier molecular flexibility index (Phi) is 7.03. The summed E-state index contributed by atoms with van der Waals surface area (Å²) in [4.78, 5) is 12.2. The smallest absolute Gasteiger partial charge is 0.255 e. The van der Waals surface area contributed by atoms with Crippen LogP contribution in [0.2, 0.25) is 0 Å². The highest BCUT2D eigenvalue weighted by atomic mass is 32.2. The van der Waals surface area contributed by atoms with Gasteiger partial charge in [-0.3, -0.25) is 14.2 Å². The first kappa shape index (κ1) is 21.3. The quantitative estimate of drug-likeness (QED) is 0.515. The molecule has 3 rings (SSSR count). The van der Waals surface area contributed by atoms with Crippen LogP contribution in [0.4, 0.5) is 5.69 Å². The van der Waals surface area contributed by atoms with Crippen LogP contribution < -0.4 is 10.0 Å². The number of rotatable bonds is 9. The summed E-state index contributed by atoms with van der Waals surface area (Å²) in [6.07, 6.45) is 6.04. The number of hydrogen-bond donors (Lipinski definition) is 2. The minimum atomic E-state index is -3.65. The molecule has 0 spiro atoms. The van der Waals surface area contributed by atoms with Crippen LogP contribution in [0.1, 0.15) is 27.9 Å². The van der Waals surface area contributed by atoms with Gasteiger partial charge in [0.25, 0.3) is 15.9 Å². The zero-order chi connectivity index (χ0) is 21.4. The van der Waals surface area contributed by atoms with E-state index in [1.54, 1.807) is 30.5 Å². The zero-order valence-corrected chi connectivity index (χ0v) is 17.5. The summed E-state index contributed by atoms with van der Waals surface area (Å²) >= 11 is 0. The van der Waals surface area contributed by atoms with Crippen molar-refractivity contribution in [1.29, 1.82) is 0 Å². The maximum Gasteiger partial charge on any atom is 0.255 e. The lowest BCUT2D eigenvalue weighted by Gasteiger charge is -2.08. The number of hydrogen-bond acceptors (Lipinski definition) is 4. The predicted octanol–water partition coefficient (Wildman–Crippen LogP) is 3.42. The summed E-state index contributed by atoms with van der Waals surface area (Å²) in [5.41, 5.74) is 2.74. The summed E-state index contributed by atoms with van der Waals surface area (Å²) in [5.74, 6) is -0.204. The van der Waals surface area contributed by atoms with Crippen molar-refractivity contribution in [2.75, 3.05) is 11.3 Å². The van der Waals surface area contributed by atoms with Crippen LogP contribution in [0.3, 0.4) is 0 Å². The SMILES string of the molecule is Cc1cnn(CCCNC(=O)c2ccc(NS(=O)(=O)/C=C/c3ccccc3)cc2)c1. The van der Waals surface area contributed by atoms with E-state index in [4.69, 9.17) is 0 Å². The van der Waals surface area contributed by atoms with Crippen LogP contribution in [0.15, 0.2) is 72.4 Å². The Hall–Kier alpha value is -3.39. The number of sulfonamides is 1. The predicted molar refractivity (Wildman–Crippen MR) is 118 cm³/mol. The highest BCUT2D eigenvalue weighted by Gasteiger charge is 2.08. The third-order valence-electron chi connectivity index (χ3n) is 4.26. The molecule has 2 N–H and O–H groups in total. The highest BCUT2D eigenvalue weighted by molar-refractivity contribution is 7.95. The summed E-state index contributed by atoms with van der Waals surface area (Å²) < 4.78 is 28.7. The lowest BCUT2D eigenvalue weighted by atomic mass is 10.2. The Morgan fingerprint density at radius 2 is 1.83 bits per heavy atom. The van der Waals surface area contributed by atoms with Gasteiger partial charge in [0.15, 0.2) is 0 Å². The summed E-state index contributed by atoms with van der Waals surface area (Å²) in [6.45, 7) is 3.23. The van der Waals surface area contributed by atoms with Gasteiger partial charge in [0.1, 0.15) is 0 Å². The van der Waals surface area contributed by atoms with Crippen LogP contribution in [-0.2, 0) is 16.6 Å². The van der Waals surface area contributed by atoms with Gasteiger partial charge in [0, 0.05) is 30.5 Å². The van der Waals surface area contributed by atoms with Crippen molar-refractivity contribution in [3.63, 3.8) is 0 Å². The van der Waals surface area contributed by atoms with E-state index in [1.807, 2.05) is 48.1 Å². The maximum absolute atomic E-state index is 12.2. The van der Waals surface area contributed by atoms with E-state index >= 15 is 0 Å². The molecule has 0 unspecified atom stereocenters. The van der Waals surface area contributed by atoms with Crippen molar-refractivity contribution in [3.8, 4) is 0 Å². The number of benzene rings is 2. The lowest BCUT2D eigenvalue weighted by molar-refractivity contribution is 0.0952. The summed E-state index contributed by atoms with van der Waals surface area (Å²) in [7, 11) is -3.65. The molecule has 7 nitrogen and oxygen atoms in total. The number of nitrogens with zero attached hydrogens (tertiary/aromatic N) is 2. The third kappa shape index (κ3) is 6.59. The van der Waals surface area contributed by atoms with Crippen LogP contribution in [-0.4, -0.2) is 30.7 Å². The summed E-state index contributed by atoms with van der Waals surface area (Å²) in [6, 6.07) is 15.5. The van der Waals surface area contributed by atoms with E-state index in [-0.39, 0.29) is 5.91 Å². The lowest BCUT2D eigenvalue weighted by Crippen LogP contribution is -2.25. The summed E-state index contributed by atoms with van der Waals surface area (Å²) in [5, 5.41) is 8.17. The Labute approximate surface area is 176 Å². The van der Waals surface area contributed by atoms with Crippen molar-refractivity contribution in [3.05, 3.63) is 89.1 Å². The Morgan fingerprint density at radius 1 is 1.10 bits per heavy atom. The molecule has 1 aromatic heterocycles. The molecule has 156 valence electrons. The van der Waals surface area contributed by atoms with E-state index in [1.165, 1.54) is 6.08 Å². The van der Waals surface area contributed by atoms with Crippen molar-refractivity contribution in [2.45, 2.75) is 19.9 Å². The minimum Gasteiger partial charge on any atom is -0.352 e. The molecule has 0 saturated heterocycles. The fourth-order valence-electron chi connectivity index (χ4n) is 2.75. The highest BCUT2D eigenvalue weighted by Crippen LogP contribution is 2.13. The van der Waals surface area contributed by atoms with E-state index in [9.17, 15) is 13.2 Å². The van der Waals surface area contributed by atoms with Crippen LogP contribution in [0.25, 0.3) is 6.08 Å². The number of aromatic nitrogens is 2. The molecule has 0 aliphatic heterocycles. The fraction of sp³-hybridized carbons (Fsp3) is 0.182. The number of carbonyl (C=O) groups excluding carboxylic acids is 1. The van der Waals surface area contributed by atoms with Gasteiger partial charge in [0.05, 0.1) is 11.6 Å². The largest absolute Gasteiger partial charge is 0.352 e. The molecular weight excluding hydrogens is 400 g/mol. The molecule has 0 aliphatic carbocycles. The zero-order valence-electron chi connectivity index (χ0n) is 16.7. The van der Waals surface area contributed by atoms with Gasteiger partial charge in [-0.1, -0.05) is 30.3 Å². The molecule has 0 saturated carbocycles. The first-order valence-electron chi connectivity index (χ1n) is 9.54. The van der Waals surface area contributed by atoms with Crippen LogP contribution >= 0.6 is 0 Å². The Bertz CT molecular complexity index is 1100. The van der Waals surface area contributed by atoms with Crippen molar-refractivity contribution >= 4 is 27.7 Å². The molecule has 0 aliphatic rings. The molecule has 30 heavy (non-hydrogen) atoms. The van der Waals surface area contributed by atoms with E-state index in [0.29, 0.717) is 17.8 Å². The Balaban J connectivity index is 1.48. The molecule has 0 bridgehead atoms. The number of nitrogens with one attached hydrogen (secondary N) is 2. The maximum atomic E-state index is 12.2. The van der Waals surface area contributed by atoms with Gasteiger partial charge in [-0.05, 0) is 54.8 Å². The molecule has 3 aromatic rings. The van der Waals surface area contributed by atoms with E-state index in [2.05, 4.69) is 15.1 Å². The Morgan fingerprint density at radius 3 is 2.50 bits per heavy atom. The van der Waals surface area contributed by atoms with Gasteiger partial charge < -0.3 is 5.32 Å². The molecular formula is C22H24N4O3S. The second-order valence-corrected chi connectivity index (χ2v) is 8.39. The number of amides is 1. The van der Waals surface area contributed by atoms with Crippen molar-refractivity contribution < 1.29 is 13.2 Å². The number of anilines is 1. The average molecular weight is 425 g/mol. The van der Waals surface area contributed by atoms with Crippen molar-refractivity contribution in [1.82, 2.24) is 15.1 Å². The third-order valence-corrected chi connectivity index (χ3v) is 5.27. The molecule has 1 heterocycles. The van der Waals surface area contributed by atoms with Crippen molar-refractivity contribution in [2.24, 2.45) is 0 Å². The second-order valence-electron chi connectivity index (χ2n) is 6.83. The van der Waals surface area contributed by atoms with Gasteiger partial charge in [-0.25, -0.2) is 8.42 Å². The molecule has 0 atom stereocenters. The molecule has 2 aromatic carbocycles. The molecule has 0 fully saturated rings. The van der Waals surface area contributed by atoms with E-state index < -0.39 is 10.0 Å². The van der Waals surface area contributed by atoms with E-state index in [0.717, 1.165) is 29.5 Å². The van der Waals surface area contributed by atoms with Gasteiger partial charge >= 0.3 is 0 Å². The topological polar surface area (TPSA) is 93.1 Å². The van der Waals surface area contributed by atoms with Crippen LogP contribution in [0, 0.1) is 6.92 Å². The molecule has 8 heteroatoms. The second kappa shape index (κ2) is 9.89. The monoisotopic (exact) mass is 424 g/mol. The minimum absolute atomic E-state index is 0.204. The first-order chi connectivity index (χ1) is 14.4. The number of carbonyl (C=O) groups is 1. The normalized spacial score (nSPS) is 11.5. The van der Waals surface area contributed by atoms with Crippen LogP contribution in [0.5, 0.6) is 0 Å². The standard InChI is InChI=1S/C22H24N4O3S/c1-18-16-24-26(17-18)14-5-13-23-22(27)20-8-10-21(11-9-20)25-30(28,29)15-12-19-6-3-2-4-7-19/h2-4,6-12,15-17,25H,5,13-14H2,1H3,(H,23,27)/b15-12+. The molecule has 0 radical (unpaired) electrons. The van der Waals surface area contributed by atoms with Gasteiger partial charge in [-0.2, -0.15) is 5.10 Å². The first-order valence-corrected chi connectivity index (χ1v) is 11.1. The van der Waals surface area contributed by atoms with Gasteiger partial charge in [0.2, 0.25) is 0 Å². The van der Waals surface area contributed by atoms with Gasteiger partial charge in [-0.15, -0.1) is 0 Å². The average Bonchev–Trinajstić information content (AvgIpc) is 3.16.